The molecule has 6 heteroatoms. The Labute approximate surface area is 185 Å². The summed E-state index contributed by atoms with van der Waals surface area (Å²) in [5.74, 6) is 2.52. The number of hydrogen-bond acceptors (Lipinski definition) is 6. The van der Waals surface area contributed by atoms with Gasteiger partial charge in [-0.25, -0.2) is 5.01 Å². The lowest BCUT2D eigenvalue weighted by Gasteiger charge is -2.38. The lowest BCUT2D eigenvalue weighted by molar-refractivity contribution is -0.0190. The van der Waals surface area contributed by atoms with Crippen LogP contribution in [0.15, 0.2) is 76.7 Å². The molecule has 3 heterocycles. The topological polar surface area (TPSA) is 43.3 Å². The highest BCUT2D eigenvalue weighted by Crippen LogP contribution is 2.47. The SMILES string of the molecule is CSc1ccc(C2Oc3ccccc3C3CC(c4ccc5c(c4)OCCO5)=NN32)cc1. The molecule has 156 valence electrons. The molecule has 6 rings (SSSR count). The molecule has 0 saturated carbocycles. The van der Waals surface area contributed by atoms with E-state index in [4.69, 9.17) is 19.3 Å². The van der Waals surface area contributed by atoms with E-state index < -0.39 is 0 Å². The lowest BCUT2D eigenvalue weighted by Crippen LogP contribution is -2.33. The molecule has 0 spiro atoms. The minimum Gasteiger partial charge on any atom is -0.486 e. The van der Waals surface area contributed by atoms with E-state index in [1.807, 2.05) is 18.2 Å². The fourth-order valence-corrected chi connectivity index (χ4v) is 4.83. The number of rotatable bonds is 3. The van der Waals surface area contributed by atoms with Crippen LogP contribution in [0.5, 0.6) is 17.2 Å². The summed E-state index contributed by atoms with van der Waals surface area (Å²) >= 11 is 1.74. The van der Waals surface area contributed by atoms with Crippen LogP contribution in [0.1, 0.15) is 35.4 Å². The average molecular weight is 431 g/mol. The van der Waals surface area contributed by atoms with Crippen molar-refractivity contribution in [3.8, 4) is 17.2 Å². The average Bonchev–Trinajstić information content (AvgIpc) is 3.29. The predicted octanol–water partition coefficient (Wildman–Crippen LogP) is 5.42. The number of thioether (sulfide) groups is 1. The molecule has 3 aromatic carbocycles. The summed E-state index contributed by atoms with van der Waals surface area (Å²) in [5.41, 5.74) is 4.38. The van der Waals surface area contributed by atoms with Gasteiger partial charge in [-0.3, -0.25) is 0 Å². The van der Waals surface area contributed by atoms with Crippen molar-refractivity contribution in [2.75, 3.05) is 19.5 Å². The highest BCUT2D eigenvalue weighted by molar-refractivity contribution is 7.98. The summed E-state index contributed by atoms with van der Waals surface area (Å²) in [6.45, 7) is 1.17. The summed E-state index contributed by atoms with van der Waals surface area (Å²) in [6.07, 6.45) is 2.65. The highest BCUT2D eigenvalue weighted by atomic mass is 32.2. The van der Waals surface area contributed by atoms with Crippen molar-refractivity contribution in [3.63, 3.8) is 0 Å². The van der Waals surface area contributed by atoms with E-state index in [0.717, 1.165) is 40.5 Å². The zero-order valence-corrected chi connectivity index (χ0v) is 18.0. The fourth-order valence-electron chi connectivity index (χ4n) is 4.42. The van der Waals surface area contributed by atoms with Crippen molar-refractivity contribution in [1.29, 1.82) is 0 Å². The summed E-state index contributed by atoms with van der Waals surface area (Å²) in [6, 6.07) is 23.1. The maximum absolute atomic E-state index is 6.45. The van der Waals surface area contributed by atoms with E-state index >= 15 is 0 Å². The Morgan fingerprint density at radius 3 is 2.55 bits per heavy atom. The number of hydrazone groups is 1. The molecule has 0 aliphatic carbocycles. The Balaban J connectivity index is 1.40. The van der Waals surface area contributed by atoms with E-state index in [2.05, 4.69) is 59.8 Å². The van der Waals surface area contributed by atoms with Crippen LogP contribution in [0.4, 0.5) is 0 Å². The molecule has 0 aromatic heterocycles. The van der Waals surface area contributed by atoms with Crippen LogP contribution in [-0.2, 0) is 0 Å². The smallest absolute Gasteiger partial charge is 0.213 e. The third-order valence-corrected chi connectivity index (χ3v) is 6.72. The van der Waals surface area contributed by atoms with Crippen molar-refractivity contribution < 1.29 is 14.2 Å². The highest BCUT2D eigenvalue weighted by Gasteiger charge is 2.41. The standard InChI is InChI=1S/C25H22N2O3S/c1-31-18-9-6-16(7-10-18)25-27-21(19-4-2-3-5-22(19)30-25)15-20(26-27)17-8-11-23-24(14-17)29-13-12-28-23/h2-11,14,21,25H,12-13,15H2,1H3. The molecule has 0 saturated heterocycles. The van der Waals surface area contributed by atoms with Gasteiger partial charge in [0.05, 0.1) is 11.8 Å². The number of ether oxygens (including phenoxy) is 3. The molecule has 0 fully saturated rings. The zero-order chi connectivity index (χ0) is 20.8. The number of benzene rings is 3. The lowest BCUT2D eigenvalue weighted by atomic mass is 9.96. The number of nitrogens with zero attached hydrogens (tertiary/aromatic N) is 2. The largest absolute Gasteiger partial charge is 0.486 e. The molecule has 3 aliphatic heterocycles. The normalized spacial score (nSPS) is 21.1. The number of para-hydroxylation sites is 1. The van der Waals surface area contributed by atoms with E-state index in [-0.39, 0.29) is 12.3 Å². The second-order valence-electron chi connectivity index (χ2n) is 7.79. The number of fused-ring (bicyclic) bond motifs is 4. The summed E-state index contributed by atoms with van der Waals surface area (Å²) < 4.78 is 17.9. The van der Waals surface area contributed by atoms with Gasteiger partial charge in [-0.2, -0.15) is 5.10 Å². The van der Waals surface area contributed by atoms with Crippen LogP contribution < -0.4 is 14.2 Å². The molecule has 2 unspecified atom stereocenters. The third kappa shape index (κ3) is 3.22. The van der Waals surface area contributed by atoms with Crippen LogP contribution in [0.2, 0.25) is 0 Å². The summed E-state index contributed by atoms with van der Waals surface area (Å²) in [7, 11) is 0. The van der Waals surface area contributed by atoms with Crippen molar-refractivity contribution in [1.82, 2.24) is 5.01 Å². The van der Waals surface area contributed by atoms with Crippen molar-refractivity contribution in [2.45, 2.75) is 23.6 Å². The van der Waals surface area contributed by atoms with Crippen LogP contribution in [0.3, 0.4) is 0 Å². The van der Waals surface area contributed by atoms with Crippen molar-refractivity contribution >= 4 is 17.5 Å². The molecule has 3 aromatic rings. The molecule has 2 atom stereocenters. The van der Waals surface area contributed by atoms with Crippen LogP contribution in [-0.4, -0.2) is 30.2 Å². The molecule has 0 radical (unpaired) electrons. The van der Waals surface area contributed by atoms with Gasteiger partial charge in [-0.1, -0.05) is 30.3 Å². The maximum Gasteiger partial charge on any atom is 0.213 e. The Morgan fingerprint density at radius 2 is 1.71 bits per heavy atom. The van der Waals surface area contributed by atoms with Gasteiger partial charge in [0.2, 0.25) is 6.23 Å². The van der Waals surface area contributed by atoms with E-state index in [1.54, 1.807) is 11.8 Å². The monoisotopic (exact) mass is 430 g/mol. The van der Waals surface area contributed by atoms with Gasteiger partial charge in [-0.15, -0.1) is 11.8 Å². The third-order valence-electron chi connectivity index (χ3n) is 5.98. The second-order valence-corrected chi connectivity index (χ2v) is 8.67. The Morgan fingerprint density at radius 1 is 0.903 bits per heavy atom. The molecule has 31 heavy (non-hydrogen) atoms. The molecule has 0 N–H and O–H groups in total. The van der Waals surface area contributed by atoms with Gasteiger partial charge in [0.15, 0.2) is 11.5 Å². The Hall–Kier alpha value is -3.12. The van der Waals surface area contributed by atoms with E-state index in [0.29, 0.717) is 13.2 Å². The minimum absolute atomic E-state index is 0.137. The van der Waals surface area contributed by atoms with Gasteiger partial charge in [0.1, 0.15) is 19.0 Å². The fraction of sp³-hybridized carbons (Fsp3) is 0.240. The Bertz CT molecular complexity index is 1160. The second kappa shape index (κ2) is 7.54. The first-order valence-electron chi connectivity index (χ1n) is 10.5. The van der Waals surface area contributed by atoms with Crippen molar-refractivity contribution in [2.24, 2.45) is 5.10 Å². The van der Waals surface area contributed by atoms with Crippen LogP contribution in [0, 0.1) is 0 Å². The predicted molar refractivity (Wildman–Crippen MR) is 121 cm³/mol. The van der Waals surface area contributed by atoms with Crippen LogP contribution in [0.25, 0.3) is 0 Å². The zero-order valence-electron chi connectivity index (χ0n) is 17.2. The van der Waals surface area contributed by atoms with Crippen LogP contribution >= 0.6 is 11.8 Å². The van der Waals surface area contributed by atoms with Gasteiger partial charge < -0.3 is 14.2 Å². The minimum atomic E-state index is -0.259. The first-order valence-corrected chi connectivity index (χ1v) is 11.7. The Kier molecular flexibility index (Phi) is 4.53. The summed E-state index contributed by atoms with van der Waals surface area (Å²) in [5, 5.41) is 7.17. The van der Waals surface area contributed by atoms with Gasteiger partial charge >= 0.3 is 0 Å². The molecule has 3 aliphatic rings. The first kappa shape index (κ1) is 18.6. The van der Waals surface area contributed by atoms with Gasteiger partial charge in [0, 0.05) is 28.0 Å². The van der Waals surface area contributed by atoms with Gasteiger partial charge in [0.25, 0.3) is 0 Å². The van der Waals surface area contributed by atoms with E-state index in [1.165, 1.54) is 10.5 Å². The van der Waals surface area contributed by atoms with Gasteiger partial charge in [-0.05, 0) is 42.7 Å². The molecule has 0 bridgehead atoms. The quantitative estimate of drug-likeness (QED) is 0.519. The first-order chi connectivity index (χ1) is 15.3. The van der Waals surface area contributed by atoms with Crippen molar-refractivity contribution in [3.05, 3.63) is 83.4 Å². The molecule has 0 amide bonds. The molecule has 5 nitrogen and oxygen atoms in total. The van der Waals surface area contributed by atoms with E-state index in [9.17, 15) is 0 Å². The maximum atomic E-state index is 6.45. The molecular formula is C25H22N2O3S. The number of hydrogen-bond donors (Lipinski definition) is 0. The molecular weight excluding hydrogens is 408 g/mol. The summed E-state index contributed by atoms with van der Waals surface area (Å²) in [4.78, 5) is 1.23.